The van der Waals surface area contributed by atoms with Gasteiger partial charge >= 0.3 is 0 Å². The molecule has 2 aromatic rings. The monoisotopic (exact) mass is 268 g/mol. The van der Waals surface area contributed by atoms with Crippen molar-refractivity contribution in [3.8, 4) is 0 Å². The number of halogens is 2. The maximum absolute atomic E-state index is 13.3. The fourth-order valence-electron chi connectivity index (χ4n) is 2.44. The third-order valence-corrected chi connectivity index (χ3v) is 3.54. The van der Waals surface area contributed by atoms with Crippen LogP contribution in [0.4, 0.5) is 4.39 Å². The van der Waals surface area contributed by atoms with E-state index in [9.17, 15) is 4.39 Å². The summed E-state index contributed by atoms with van der Waals surface area (Å²) in [7, 11) is 0. The minimum absolute atomic E-state index is 0.242. The number of nitrogens with zero attached hydrogens (tertiary/aromatic N) is 2. The van der Waals surface area contributed by atoms with Crippen molar-refractivity contribution in [1.82, 2.24) is 9.55 Å². The van der Waals surface area contributed by atoms with E-state index in [4.69, 9.17) is 11.6 Å². The Morgan fingerprint density at radius 3 is 2.67 bits per heavy atom. The Morgan fingerprint density at radius 2 is 2.06 bits per heavy atom. The second kappa shape index (κ2) is 5.70. The van der Waals surface area contributed by atoms with Crippen LogP contribution < -0.4 is 0 Å². The van der Waals surface area contributed by atoms with Crippen LogP contribution in [-0.2, 0) is 6.42 Å². The second-order valence-corrected chi connectivity index (χ2v) is 4.82. The highest BCUT2D eigenvalue weighted by Crippen LogP contribution is 2.26. The van der Waals surface area contributed by atoms with Crippen LogP contribution >= 0.6 is 11.6 Å². The van der Waals surface area contributed by atoms with E-state index in [1.54, 1.807) is 0 Å². The molecule has 0 aliphatic rings. The molecule has 0 saturated heterocycles. The van der Waals surface area contributed by atoms with E-state index in [0.29, 0.717) is 18.3 Å². The maximum Gasteiger partial charge on any atom is 0.125 e. The average molecular weight is 269 g/mol. The van der Waals surface area contributed by atoms with Crippen molar-refractivity contribution in [3.63, 3.8) is 0 Å². The molecule has 4 heteroatoms. The zero-order valence-corrected chi connectivity index (χ0v) is 11.5. The van der Waals surface area contributed by atoms with Gasteiger partial charge in [0.15, 0.2) is 0 Å². The summed E-state index contributed by atoms with van der Waals surface area (Å²) < 4.78 is 15.5. The minimum atomic E-state index is -0.242. The number of alkyl halides is 1. The molecular formula is C14H18ClFN2. The first kappa shape index (κ1) is 13.3. The molecule has 0 aliphatic carbocycles. The Labute approximate surface area is 112 Å². The SMILES string of the molecule is CCC(CC)n1c(CCCl)nc2cc(F)ccc21. The van der Waals surface area contributed by atoms with Crippen molar-refractivity contribution in [2.75, 3.05) is 5.88 Å². The highest BCUT2D eigenvalue weighted by molar-refractivity contribution is 6.17. The molecule has 0 fully saturated rings. The smallest absolute Gasteiger partial charge is 0.125 e. The number of aromatic nitrogens is 2. The van der Waals surface area contributed by atoms with E-state index in [-0.39, 0.29) is 5.82 Å². The molecule has 1 aromatic heterocycles. The maximum atomic E-state index is 13.3. The van der Waals surface area contributed by atoms with Gasteiger partial charge in [0.1, 0.15) is 11.6 Å². The van der Waals surface area contributed by atoms with E-state index in [1.807, 2.05) is 6.07 Å². The van der Waals surface area contributed by atoms with Crippen LogP contribution in [0.15, 0.2) is 18.2 Å². The molecule has 0 radical (unpaired) electrons. The highest BCUT2D eigenvalue weighted by atomic mass is 35.5. The topological polar surface area (TPSA) is 17.8 Å². The summed E-state index contributed by atoms with van der Waals surface area (Å²) in [6.45, 7) is 4.32. The van der Waals surface area contributed by atoms with Gasteiger partial charge in [-0.15, -0.1) is 11.6 Å². The van der Waals surface area contributed by atoms with Gasteiger partial charge in [-0.2, -0.15) is 0 Å². The Balaban J connectivity index is 2.61. The third-order valence-electron chi connectivity index (χ3n) is 3.35. The Bertz CT molecular complexity index is 532. The van der Waals surface area contributed by atoms with E-state index in [1.165, 1.54) is 12.1 Å². The number of hydrogen-bond acceptors (Lipinski definition) is 1. The van der Waals surface area contributed by atoms with Gasteiger partial charge in [0, 0.05) is 24.4 Å². The third kappa shape index (κ3) is 2.37. The van der Waals surface area contributed by atoms with Crippen LogP contribution in [0.3, 0.4) is 0 Å². The lowest BCUT2D eigenvalue weighted by Gasteiger charge is -2.18. The summed E-state index contributed by atoms with van der Waals surface area (Å²) in [6.07, 6.45) is 2.79. The van der Waals surface area contributed by atoms with E-state index >= 15 is 0 Å². The fraction of sp³-hybridized carbons (Fsp3) is 0.500. The lowest BCUT2D eigenvalue weighted by molar-refractivity contribution is 0.468. The average Bonchev–Trinajstić information content (AvgIpc) is 2.69. The van der Waals surface area contributed by atoms with Gasteiger partial charge in [0.25, 0.3) is 0 Å². The first-order valence-corrected chi connectivity index (χ1v) is 6.97. The molecule has 0 atom stereocenters. The van der Waals surface area contributed by atoms with Crippen molar-refractivity contribution in [2.24, 2.45) is 0 Å². The van der Waals surface area contributed by atoms with Crippen LogP contribution in [0, 0.1) is 5.82 Å². The largest absolute Gasteiger partial charge is 0.325 e. The van der Waals surface area contributed by atoms with Crippen molar-refractivity contribution in [3.05, 3.63) is 29.8 Å². The van der Waals surface area contributed by atoms with Crippen LogP contribution in [0.2, 0.25) is 0 Å². The van der Waals surface area contributed by atoms with Gasteiger partial charge in [-0.1, -0.05) is 13.8 Å². The predicted molar refractivity (Wildman–Crippen MR) is 73.7 cm³/mol. The molecule has 0 spiro atoms. The quantitative estimate of drug-likeness (QED) is 0.739. The number of imidazole rings is 1. The van der Waals surface area contributed by atoms with Crippen molar-refractivity contribution in [1.29, 1.82) is 0 Å². The van der Waals surface area contributed by atoms with Crippen LogP contribution in [-0.4, -0.2) is 15.4 Å². The number of fused-ring (bicyclic) bond motifs is 1. The Hall–Kier alpha value is -1.09. The zero-order valence-electron chi connectivity index (χ0n) is 10.8. The molecule has 18 heavy (non-hydrogen) atoms. The van der Waals surface area contributed by atoms with Crippen molar-refractivity contribution in [2.45, 2.75) is 39.2 Å². The van der Waals surface area contributed by atoms with Crippen LogP contribution in [0.25, 0.3) is 11.0 Å². The summed E-state index contributed by atoms with van der Waals surface area (Å²) in [6, 6.07) is 5.20. The molecule has 0 aliphatic heterocycles. The fourth-order valence-corrected chi connectivity index (χ4v) is 2.61. The molecule has 0 N–H and O–H groups in total. The lowest BCUT2D eigenvalue weighted by atomic mass is 10.1. The molecule has 2 rings (SSSR count). The summed E-state index contributed by atoms with van der Waals surface area (Å²) in [5, 5.41) is 0. The van der Waals surface area contributed by atoms with Gasteiger partial charge in [-0.05, 0) is 25.0 Å². The van der Waals surface area contributed by atoms with E-state index < -0.39 is 0 Å². The van der Waals surface area contributed by atoms with Gasteiger partial charge in [0.2, 0.25) is 0 Å². The first-order chi connectivity index (χ1) is 8.71. The lowest BCUT2D eigenvalue weighted by Crippen LogP contribution is -2.11. The second-order valence-electron chi connectivity index (χ2n) is 4.44. The molecule has 0 bridgehead atoms. The van der Waals surface area contributed by atoms with Gasteiger partial charge in [-0.25, -0.2) is 9.37 Å². The van der Waals surface area contributed by atoms with Crippen LogP contribution in [0.5, 0.6) is 0 Å². The van der Waals surface area contributed by atoms with Crippen molar-refractivity contribution < 1.29 is 4.39 Å². The van der Waals surface area contributed by atoms with E-state index in [0.717, 1.165) is 29.7 Å². The zero-order chi connectivity index (χ0) is 13.1. The molecular weight excluding hydrogens is 251 g/mol. The van der Waals surface area contributed by atoms with Gasteiger partial charge < -0.3 is 4.57 Å². The molecule has 0 amide bonds. The summed E-state index contributed by atoms with van der Waals surface area (Å²) in [5.41, 5.74) is 1.73. The molecule has 0 saturated carbocycles. The number of rotatable bonds is 5. The van der Waals surface area contributed by atoms with Gasteiger partial charge in [-0.3, -0.25) is 0 Å². The highest BCUT2D eigenvalue weighted by Gasteiger charge is 2.16. The van der Waals surface area contributed by atoms with E-state index in [2.05, 4.69) is 23.4 Å². The Kier molecular flexibility index (Phi) is 4.23. The first-order valence-electron chi connectivity index (χ1n) is 6.43. The number of hydrogen-bond donors (Lipinski definition) is 0. The normalized spacial score (nSPS) is 11.6. The number of aryl methyl sites for hydroxylation is 1. The van der Waals surface area contributed by atoms with Crippen LogP contribution in [0.1, 0.15) is 38.6 Å². The summed E-state index contributed by atoms with van der Waals surface area (Å²) in [4.78, 5) is 4.52. The molecule has 0 unspecified atom stereocenters. The van der Waals surface area contributed by atoms with Crippen molar-refractivity contribution >= 4 is 22.6 Å². The predicted octanol–water partition coefficient (Wildman–Crippen LogP) is 4.32. The summed E-state index contributed by atoms with van der Waals surface area (Å²) >= 11 is 5.83. The molecule has 2 nitrogen and oxygen atoms in total. The minimum Gasteiger partial charge on any atom is -0.325 e. The molecule has 1 aromatic carbocycles. The Morgan fingerprint density at radius 1 is 1.33 bits per heavy atom. The standard InChI is InChI=1S/C14H18ClFN2/c1-3-11(4-2)18-13-6-5-10(16)9-12(13)17-14(18)7-8-15/h5-6,9,11H,3-4,7-8H2,1-2H3. The number of benzene rings is 1. The molecule has 98 valence electrons. The van der Waals surface area contributed by atoms with Gasteiger partial charge in [0.05, 0.1) is 11.0 Å². The molecule has 1 heterocycles. The summed E-state index contributed by atoms with van der Waals surface area (Å²) in [5.74, 6) is 1.25.